The summed E-state index contributed by atoms with van der Waals surface area (Å²) in [6.07, 6.45) is 3.24. The molecule has 98 valence electrons. The van der Waals surface area contributed by atoms with Gasteiger partial charge in [-0.15, -0.1) is 0 Å². The number of hydrogen-bond acceptors (Lipinski definition) is 4. The van der Waals surface area contributed by atoms with Crippen molar-refractivity contribution in [1.82, 2.24) is 10.2 Å². The van der Waals surface area contributed by atoms with Crippen LogP contribution < -0.4 is 5.32 Å². The van der Waals surface area contributed by atoms with Gasteiger partial charge in [0.2, 0.25) is 5.91 Å². The van der Waals surface area contributed by atoms with E-state index in [4.69, 9.17) is 9.47 Å². The van der Waals surface area contributed by atoms with Crippen molar-refractivity contribution in [3.05, 3.63) is 0 Å². The van der Waals surface area contributed by atoms with Gasteiger partial charge in [-0.3, -0.25) is 4.79 Å². The summed E-state index contributed by atoms with van der Waals surface area (Å²) in [5.41, 5.74) is 0. The molecule has 0 aromatic rings. The second kappa shape index (κ2) is 5.80. The number of carbonyl (C=O) groups excluding carboxylic acids is 1. The maximum absolute atomic E-state index is 12.3. The molecule has 3 unspecified atom stereocenters. The zero-order valence-corrected chi connectivity index (χ0v) is 10.6. The molecule has 2 aliphatic heterocycles. The molecule has 0 radical (unpaired) electrons. The van der Waals surface area contributed by atoms with Crippen LogP contribution >= 0.6 is 0 Å². The summed E-state index contributed by atoms with van der Waals surface area (Å²) in [4.78, 5) is 14.2. The van der Waals surface area contributed by atoms with Gasteiger partial charge in [0.25, 0.3) is 0 Å². The second-order valence-electron chi connectivity index (χ2n) is 4.84. The van der Waals surface area contributed by atoms with Crippen molar-refractivity contribution >= 4 is 5.91 Å². The van der Waals surface area contributed by atoms with Crippen molar-refractivity contribution in [2.24, 2.45) is 0 Å². The first kappa shape index (κ1) is 12.8. The predicted octanol–water partition coefficient (Wildman–Crippen LogP) is 0.000700. The van der Waals surface area contributed by atoms with Gasteiger partial charge in [-0.25, -0.2) is 0 Å². The highest BCUT2D eigenvalue weighted by atomic mass is 16.5. The third-order valence-electron chi connectivity index (χ3n) is 3.75. The fourth-order valence-electron chi connectivity index (χ4n) is 2.62. The zero-order valence-electron chi connectivity index (χ0n) is 10.6. The Labute approximate surface area is 102 Å². The van der Waals surface area contributed by atoms with Gasteiger partial charge in [0, 0.05) is 33.9 Å². The van der Waals surface area contributed by atoms with E-state index in [-0.39, 0.29) is 24.2 Å². The first-order valence-corrected chi connectivity index (χ1v) is 6.32. The van der Waals surface area contributed by atoms with Crippen LogP contribution in [0.1, 0.15) is 19.3 Å². The van der Waals surface area contributed by atoms with Crippen LogP contribution in [0.2, 0.25) is 0 Å². The van der Waals surface area contributed by atoms with Crippen LogP contribution in [-0.4, -0.2) is 62.9 Å². The fraction of sp³-hybridized carbons (Fsp3) is 0.917. The molecule has 2 rings (SSSR count). The number of nitrogens with zero attached hydrogens (tertiary/aromatic N) is 1. The average molecular weight is 242 g/mol. The standard InChI is InChI=1S/C12H22N2O3/c1-16-9-4-3-5-14(8-9)12(15)11-6-10(17-2)7-13-11/h9-11,13H,3-8H2,1-2H3. The van der Waals surface area contributed by atoms with E-state index in [1.165, 1.54) is 0 Å². The van der Waals surface area contributed by atoms with Crippen molar-refractivity contribution in [2.45, 2.75) is 37.5 Å². The number of likely N-dealkylation sites (tertiary alicyclic amines) is 1. The molecule has 2 fully saturated rings. The van der Waals surface area contributed by atoms with Crippen molar-refractivity contribution < 1.29 is 14.3 Å². The highest BCUT2D eigenvalue weighted by Gasteiger charge is 2.34. The Hall–Kier alpha value is -0.650. The highest BCUT2D eigenvalue weighted by Crippen LogP contribution is 2.17. The van der Waals surface area contributed by atoms with Crippen LogP contribution in [0.15, 0.2) is 0 Å². The Bertz CT molecular complexity index is 272. The lowest BCUT2D eigenvalue weighted by molar-refractivity contribution is -0.136. The van der Waals surface area contributed by atoms with E-state index in [1.807, 2.05) is 4.90 Å². The average Bonchev–Trinajstić information content (AvgIpc) is 2.86. The molecule has 2 saturated heterocycles. The Morgan fingerprint density at radius 3 is 2.71 bits per heavy atom. The number of amides is 1. The third kappa shape index (κ3) is 2.97. The number of carbonyl (C=O) groups is 1. The van der Waals surface area contributed by atoms with E-state index in [0.717, 1.165) is 38.9 Å². The number of rotatable bonds is 3. The molecule has 0 spiro atoms. The summed E-state index contributed by atoms with van der Waals surface area (Å²) < 4.78 is 10.6. The van der Waals surface area contributed by atoms with Gasteiger partial charge < -0.3 is 19.7 Å². The molecule has 5 heteroatoms. The molecule has 2 aliphatic rings. The summed E-state index contributed by atoms with van der Waals surface area (Å²) in [6, 6.07) is -0.0736. The van der Waals surface area contributed by atoms with Gasteiger partial charge in [0.15, 0.2) is 0 Å². The number of nitrogens with one attached hydrogen (secondary N) is 1. The van der Waals surface area contributed by atoms with E-state index in [1.54, 1.807) is 14.2 Å². The van der Waals surface area contributed by atoms with Crippen molar-refractivity contribution in [3.63, 3.8) is 0 Å². The maximum atomic E-state index is 12.3. The molecular formula is C12H22N2O3. The summed E-state index contributed by atoms with van der Waals surface area (Å²) in [5.74, 6) is 0.200. The van der Waals surface area contributed by atoms with Gasteiger partial charge >= 0.3 is 0 Å². The lowest BCUT2D eigenvalue weighted by Gasteiger charge is -2.33. The largest absolute Gasteiger partial charge is 0.380 e. The fourth-order valence-corrected chi connectivity index (χ4v) is 2.62. The normalized spacial score (nSPS) is 34.0. The minimum Gasteiger partial charge on any atom is -0.380 e. The van der Waals surface area contributed by atoms with Gasteiger partial charge in [0.1, 0.15) is 0 Å². The minimum atomic E-state index is -0.0736. The van der Waals surface area contributed by atoms with Gasteiger partial charge in [-0.1, -0.05) is 0 Å². The lowest BCUT2D eigenvalue weighted by Crippen LogP contribution is -2.49. The first-order valence-electron chi connectivity index (χ1n) is 6.32. The Morgan fingerprint density at radius 2 is 2.06 bits per heavy atom. The van der Waals surface area contributed by atoms with Crippen molar-refractivity contribution in [1.29, 1.82) is 0 Å². The molecule has 1 amide bonds. The molecule has 2 heterocycles. The number of hydrogen-bond donors (Lipinski definition) is 1. The number of piperidine rings is 1. The molecule has 17 heavy (non-hydrogen) atoms. The summed E-state index contributed by atoms with van der Waals surface area (Å²) >= 11 is 0. The Balaban J connectivity index is 1.87. The van der Waals surface area contributed by atoms with Crippen molar-refractivity contribution in [2.75, 3.05) is 33.9 Å². The zero-order chi connectivity index (χ0) is 12.3. The molecule has 0 aromatic heterocycles. The summed E-state index contributed by atoms with van der Waals surface area (Å²) in [7, 11) is 3.41. The van der Waals surface area contributed by atoms with Crippen LogP contribution in [0.4, 0.5) is 0 Å². The third-order valence-corrected chi connectivity index (χ3v) is 3.75. The van der Waals surface area contributed by atoms with Crippen LogP contribution in [-0.2, 0) is 14.3 Å². The van der Waals surface area contributed by atoms with E-state index < -0.39 is 0 Å². The van der Waals surface area contributed by atoms with Gasteiger partial charge in [0.05, 0.1) is 18.2 Å². The molecule has 0 aromatic carbocycles. The summed E-state index contributed by atoms with van der Waals surface area (Å²) in [6.45, 7) is 2.36. The van der Waals surface area contributed by atoms with Gasteiger partial charge in [-0.2, -0.15) is 0 Å². The van der Waals surface area contributed by atoms with E-state index in [0.29, 0.717) is 0 Å². The topological polar surface area (TPSA) is 50.8 Å². The van der Waals surface area contributed by atoms with E-state index >= 15 is 0 Å². The molecule has 0 aliphatic carbocycles. The Morgan fingerprint density at radius 1 is 1.29 bits per heavy atom. The lowest BCUT2D eigenvalue weighted by atomic mass is 10.1. The minimum absolute atomic E-state index is 0.0736. The smallest absolute Gasteiger partial charge is 0.239 e. The molecule has 3 atom stereocenters. The molecular weight excluding hydrogens is 220 g/mol. The number of methoxy groups -OCH3 is 2. The number of ether oxygens (including phenoxy) is 2. The second-order valence-corrected chi connectivity index (χ2v) is 4.84. The van der Waals surface area contributed by atoms with E-state index in [2.05, 4.69) is 5.32 Å². The van der Waals surface area contributed by atoms with Gasteiger partial charge in [-0.05, 0) is 19.3 Å². The van der Waals surface area contributed by atoms with Crippen LogP contribution in [0, 0.1) is 0 Å². The monoisotopic (exact) mass is 242 g/mol. The van der Waals surface area contributed by atoms with E-state index in [9.17, 15) is 4.79 Å². The molecule has 1 N–H and O–H groups in total. The Kier molecular flexibility index (Phi) is 4.36. The highest BCUT2D eigenvalue weighted by molar-refractivity contribution is 5.82. The van der Waals surface area contributed by atoms with Crippen molar-refractivity contribution in [3.8, 4) is 0 Å². The quantitative estimate of drug-likeness (QED) is 0.757. The molecule has 5 nitrogen and oxygen atoms in total. The maximum Gasteiger partial charge on any atom is 0.239 e. The summed E-state index contributed by atoms with van der Waals surface area (Å²) in [5, 5.41) is 3.23. The van der Waals surface area contributed by atoms with Crippen LogP contribution in [0.5, 0.6) is 0 Å². The van der Waals surface area contributed by atoms with Crippen LogP contribution in [0.3, 0.4) is 0 Å². The molecule has 0 bridgehead atoms. The molecule has 0 saturated carbocycles. The SMILES string of the molecule is COC1CNC(C(=O)N2CCCC(OC)C2)C1. The first-order chi connectivity index (χ1) is 8.24. The van der Waals surface area contributed by atoms with Crippen LogP contribution in [0.25, 0.3) is 0 Å². The predicted molar refractivity (Wildman–Crippen MR) is 63.8 cm³/mol.